The van der Waals surface area contributed by atoms with Crippen LogP contribution in [0.4, 0.5) is 10.5 Å². The van der Waals surface area contributed by atoms with Crippen molar-refractivity contribution in [2.75, 3.05) is 32.6 Å². The van der Waals surface area contributed by atoms with Gasteiger partial charge in [0.2, 0.25) is 0 Å². The van der Waals surface area contributed by atoms with E-state index in [4.69, 9.17) is 9.47 Å². The number of fused-ring (bicyclic) bond motifs is 1. The molecule has 1 N–H and O–H groups in total. The van der Waals surface area contributed by atoms with E-state index in [1.807, 2.05) is 19.1 Å². The lowest BCUT2D eigenvalue weighted by atomic mass is 10.0. The molecule has 0 bridgehead atoms. The fraction of sp³-hybridized carbons (Fsp3) is 0.348. The van der Waals surface area contributed by atoms with Crippen molar-refractivity contribution in [2.45, 2.75) is 25.8 Å². The van der Waals surface area contributed by atoms with E-state index in [-0.39, 0.29) is 28.9 Å². The lowest BCUT2D eigenvalue weighted by Gasteiger charge is -2.33. The van der Waals surface area contributed by atoms with Gasteiger partial charge in [0.15, 0.2) is 5.65 Å². The van der Waals surface area contributed by atoms with Crippen molar-refractivity contribution in [3.63, 3.8) is 0 Å². The summed E-state index contributed by atoms with van der Waals surface area (Å²) < 4.78 is 11.7. The van der Waals surface area contributed by atoms with Crippen LogP contribution in [0.5, 0.6) is 0 Å². The van der Waals surface area contributed by atoms with Crippen LogP contribution in [-0.2, 0) is 9.47 Å². The van der Waals surface area contributed by atoms with Crippen molar-refractivity contribution in [1.82, 2.24) is 19.4 Å². The Kier molecular flexibility index (Phi) is 6.25. The fourth-order valence-corrected chi connectivity index (χ4v) is 4.18. The number of benzene rings is 1. The van der Waals surface area contributed by atoms with Crippen molar-refractivity contribution in [3.8, 4) is 0 Å². The molecule has 0 spiro atoms. The molecule has 1 aliphatic rings. The van der Waals surface area contributed by atoms with Crippen molar-refractivity contribution < 1.29 is 23.9 Å². The van der Waals surface area contributed by atoms with Gasteiger partial charge in [-0.3, -0.25) is 0 Å². The third-order valence-electron chi connectivity index (χ3n) is 5.83. The maximum Gasteiger partial charge on any atom is 0.339 e. The number of hydrogen-bond donors (Lipinski definition) is 1. The molecule has 2 aromatic heterocycles. The smallest absolute Gasteiger partial charge is 0.339 e. The van der Waals surface area contributed by atoms with Gasteiger partial charge in [0.25, 0.3) is 0 Å². The Labute approximate surface area is 190 Å². The topological polar surface area (TPSA) is 116 Å². The van der Waals surface area contributed by atoms with Crippen LogP contribution in [0, 0.1) is 6.92 Å². The molecule has 1 saturated heterocycles. The fourth-order valence-electron chi connectivity index (χ4n) is 4.18. The van der Waals surface area contributed by atoms with Crippen LogP contribution in [-0.4, -0.2) is 64.7 Å². The minimum absolute atomic E-state index is 0.153. The number of ether oxygens (including phenoxy) is 2. The zero-order valence-corrected chi connectivity index (χ0v) is 18.7. The van der Waals surface area contributed by atoms with Gasteiger partial charge >= 0.3 is 18.0 Å². The third-order valence-corrected chi connectivity index (χ3v) is 5.83. The lowest BCUT2D eigenvalue weighted by molar-refractivity contribution is 0.0587. The van der Waals surface area contributed by atoms with Crippen LogP contribution in [0.2, 0.25) is 0 Å². The number of piperidine rings is 1. The number of hydrogen-bond acceptors (Lipinski definition) is 7. The van der Waals surface area contributed by atoms with Crippen LogP contribution in [0.15, 0.2) is 36.5 Å². The first-order valence-corrected chi connectivity index (χ1v) is 10.6. The second-order valence-electron chi connectivity index (χ2n) is 7.77. The molecule has 1 aromatic carbocycles. The summed E-state index contributed by atoms with van der Waals surface area (Å²) in [5, 5.41) is 2.75. The molecule has 2 amide bonds. The minimum atomic E-state index is -0.615. The zero-order chi connectivity index (χ0) is 23.5. The van der Waals surface area contributed by atoms with Crippen molar-refractivity contribution in [3.05, 3.63) is 53.5 Å². The molecule has 4 rings (SSSR count). The number of pyridine rings is 1. The van der Waals surface area contributed by atoms with Crippen molar-refractivity contribution >= 4 is 34.8 Å². The summed E-state index contributed by atoms with van der Waals surface area (Å²) >= 11 is 0. The van der Waals surface area contributed by atoms with Crippen LogP contribution in [0.1, 0.15) is 45.4 Å². The molecule has 172 valence electrons. The molecule has 1 fully saturated rings. The largest absolute Gasteiger partial charge is 0.465 e. The average Bonchev–Trinajstić information content (AvgIpc) is 3.18. The minimum Gasteiger partial charge on any atom is -0.465 e. The normalized spacial score (nSPS) is 14.2. The highest BCUT2D eigenvalue weighted by Gasteiger charge is 2.27. The molecule has 0 unspecified atom stereocenters. The monoisotopic (exact) mass is 451 g/mol. The highest BCUT2D eigenvalue weighted by molar-refractivity contribution is 6.03. The van der Waals surface area contributed by atoms with Gasteiger partial charge < -0.3 is 24.3 Å². The molecular weight excluding hydrogens is 426 g/mol. The Morgan fingerprint density at radius 3 is 2.48 bits per heavy atom. The molecule has 3 heterocycles. The van der Waals surface area contributed by atoms with Crippen molar-refractivity contribution in [1.29, 1.82) is 0 Å². The number of nitrogens with one attached hydrogen (secondary N) is 1. The predicted octanol–water partition coefficient (Wildman–Crippen LogP) is 3.18. The van der Waals surface area contributed by atoms with Gasteiger partial charge in [-0.25, -0.2) is 24.4 Å². The Hall–Kier alpha value is -3.95. The van der Waals surface area contributed by atoms with E-state index < -0.39 is 11.9 Å². The summed E-state index contributed by atoms with van der Waals surface area (Å²) in [4.78, 5) is 47.8. The van der Waals surface area contributed by atoms with Gasteiger partial charge in [-0.05, 0) is 50.1 Å². The number of aromatic nitrogens is 3. The van der Waals surface area contributed by atoms with Crippen LogP contribution < -0.4 is 5.32 Å². The first-order valence-electron chi connectivity index (χ1n) is 10.6. The summed E-state index contributed by atoms with van der Waals surface area (Å²) in [5.74, 6) is -0.288. The van der Waals surface area contributed by atoms with Gasteiger partial charge in [0, 0.05) is 25.3 Å². The highest BCUT2D eigenvalue weighted by Crippen LogP contribution is 2.28. The summed E-state index contributed by atoms with van der Waals surface area (Å²) in [6.07, 6.45) is 3.23. The number of likely N-dealkylation sites (tertiary alicyclic amines) is 1. The summed E-state index contributed by atoms with van der Waals surface area (Å²) in [5.41, 5.74) is 2.27. The number of imidazole rings is 1. The Morgan fingerprint density at radius 2 is 1.79 bits per heavy atom. The molecule has 10 heteroatoms. The second kappa shape index (κ2) is 9.27. The van der Waals surface area contributed by atoms with E-state index in [2.05, 4.69) is 19.9 Å². The van der Waals surface area contributed by atoms with Gasteiger partial charge in [0.05, 0.1) is 31.0 Å². The number of methoxy groups -OCH3 is 2. The number of aryl methyl sites for hydroxylation is 1. The van der Waals surface area contributed by atoms with Gasteiger partial charge in [-0.1, -0.05) is 0 Å². The van der Waals surface area contributed by atoms with Gasteiger partial charge in [0.1, 0.15) is 11.3 Å². The van der Waals surface area contributed by atoms with E-state index in [0.29, 0.717) is 13.1 Å². The molecule has 1 aliphatic heterocycles. The number of esters is 2. The van der Waals surface area contributed by atoms with E-state index in [9.17, 15) is 14.4 Å². The molecular formula is C23H25N5O5. The van der Waals surface area contributed by atoms with Gasteiger partial charge in [-0.2, -0.15) is 0 Å². The number of carbonyl (C=O) groups is 3. The van der Waals surface area contributed by atoms with E-state index in [0.717, 1.165) is 29.8 Å². The number of urea groups is 1. The second-order valence-corrected chi connectivity index (χ2v) is 7.77. The summed E-state index contributed by atoms with van der Waals surface area (Å²) in [6, 6.07) is 7.92. The molecule has 0 saturated carbocycles. The first kappa shape index (κ1) is 22.3. The molecule has 0 atom stereocenters. The Morgan fingerprint density at radius 1 is 1.06 bits per heavy atom. The number of rotatable bonds is 4. The number of amides is 2. The van der Waals surface area contributed by atoms with Crippen molar-refractivity contribution in [2.24, 2.45) is 0 Å². The number of carbonyl (C=O) groups excluding carboxylic acids is 3. The highest BCUT2D eigenvalue weighted by atomic mass is 16.5. The van der Waals surface area contributed by atoms with Crippen LogP contribution in [0.3, 0.4) is 0 Å². The van der Waals surface area contributed by atoms with E-state index in [1.165, 1.54) is 32.4 Å². The quantitative estimate of drug-likeness (QED) is 0.606. The van der Waals surface area contributed by atoms with E-state index >= 15 is 0 Å². The number of anilines is 1. The first-order chi connectivity index (χ1) is 15.9. The zero-order valence-electron chi connectivity index (χ0n) is 18.7. The standard InChI is InChI=1S/C23H25N5O5/c1-14-25-18-5-4-10-24-20(18)28(14)16-8-11-27(12-9-16)23(31)26-19-13-15(21(29)32-2)6-7-17(19)22(30)33-3/h4-7,10,13,16H,8-9,11-12H2,1-3H3,(H,26,31). The maximum atomic E-state index is 13.0. The molecule has 0 aliphatic carbocycles. The molecule has 10 nitrogen and oxygen atoms in total. The summed E-state index contributed by atoms with van der Waals surface area (Å²) in [6.45, 7) is 3.00. The lowest BCUT2D eigenvalue weighted by Crippen LogP contribution is -2.41. The Bertz CT molecular complexity index is 1210. The molecule has 3 aromatic rings. The van der Waals surface area contributed by atoms with Gasteiger partial charge in [-0.15, -0.1) is 0 Å². The summed E-state index contributed by atoms with van der Waals surface area (Å²) in [7, 11) is 2.52. The van der Waals surface area contributed by atoms with E-state index in [1.54, 1.807) is 11.1 Å². The SMILES string of the molecule is COC(=O)c1ccc(C(=O)OC)c(NC(=O)N2CCC(n3c(C)nc4cccnc43)CC2)c1. The van der Waals surface area contributed by atoms with Crippen LogP contribution in [0.25, 0.3) is 11.2 Å². The number of nitrogens with zero attached hydrogens (tertiary/aromatic N) is 4. The maximum absolute atomic E-state index is 13.0. The Balaban J connectivity index is 1.49. The van der Waals surface area contributed by atoms with Crippen LogP contribution >= 0.6 is 0 Å². The average molecular weight is 451 g/mol. The molecule has 33 heavy (non-hydrogen) atoms. The predicted molar refractivity (Wildman–Crippen MR) is 120 cm³/mol. The third kappa shape index (κ3) is 4.36. The molecule has 0 radical (unpaired) electrons.